The van der Waals surface area contributed by atoms with Crippen molar-refractivity contribution in [2.24, 2.45) is 5.73 Å². The number of hydrogen-bond donors (Lipinski definition) is 1. The van der Waals surface area contributed by atoms with Gasteiger partial charge in [0.05, 0.1) is 4.34 Å². The van der Waals surface area contributed by atoms with E-state index < -0.39 is 6.04 Å². The van der Waals surface area contributed by atoms with Crippen LogP contribution in [0.5, 0.6) is 0 Å². The second-order valence-electron chi connectivity index (χ2n) is 6.20. The van der Waals surface area contributed by atoms with Crippen LogP contribution in [0.25, 0.3) is 0 Å². The van der Waals surface area contributed by atoms with E-state index in [1.54, 1.807) is 11.3 Å². The Labute approximate surface area is 176 Å². The summed E-state index contributed by atoms with van der Waals surface area (Å²) in [5.74, 6) is 0.0117. The molecule has 4 nitrogen and oxygen atoms in total. The molecular formula is C18H24Cl3N3OS. The maximum Gasteiger partial charge on any atom is 0.244 e. The number of carbonyl (C=O) groups is 1. The van der Waals surface area contributed by atoms with Gasteiger partial charge in [0, 0.05) is 37.6 Å². The molecule has 8 heteroatoms. The molecule has 1 atom stereocenters. The largest absolute Gasteiger partial charge is 0.338 e. The van der Waals surface area contributed by atoms with Crippen LogP contribution < -0.4 is 5.73 Å². The van der Waals surface area contributed by atoms with Gasteiger partial charge in [0.25, 0.3) is 0 Å². The number of thiophene rings is 1. The van der Waals surface area contributed by atoms with E-state index in [0.29, 0.717) is 0 Å². The second-order valence-corrected chi connectivity index (χ2v) is 8.00. The van der Waals surface area contributed by atoms with Crippen molar-refractivity contribution in [2.75, 3.05) is 26.2 Å². The van der Waals surface area contributed by atoms with Gasteiger partial charge in [-0.3, -0.25) is 9.69 Å². The molecule has 1 fully saturated rings. The van der Waals surface area contributed by atoms with Crippen LogP contribution in [0.2, 0.25) is 4.34 Å². The molecule has 1 aliphatic rings. The van der Waals surface area contributed by atoms with Gasteiger partial charge in [-0.1, -0.05) is 41.4 Å². The summed E-state index contributed by atoms with van der Waals surface area (Å²) in [7, 11) is 0. The van der Waals surface area contributed by atoms with Crippen LogP contribution >= 0.6 is 47.8 Å². The first-order valence-corrected chi connectivity index (χ1v) is 9.30. The van der Waals surface area contributed by atoms with E-state index in [2.05, 4.69) is 11.0 Å². The number of carbonyl (C=O) groups excluding carboxylic acids is 1. The molecule has 1 amide bonds. The van der Waals surface area contributed by atoms with Gasteiger partial charge in [0.1, 0.15) is 6.04 Å². The van der Waals surface area contributed by atoms with Gasteiger partial charge in [-0.05, 0) is 24.6 Å². The molecule has 144 valence electrons. The normalized spacial score (nSPS) is 15.7. The number of rotatable bonds is 4. The monoisotopic (exact) mass is 435 g/mol. The van der Waals surface area contributed by atoms with Crippen molar-refractivity contribution in [1.29, 1.82) is 0 Å². The molecule has 2 N–H and O–H groups in total. The van der Waals surface area contributed by atoms with Crippen LogP contribution in [0.4, 0.5) is 0 Å². The number of aryl methyl sites for hydroxylation is 1. The van der Waals surface area contributed by atoms with Crippen LogP contribution in [0.3, 0.4) is 0 Å². The van der Waals surface area contributed by atoms with Gasteiger partial charge in [0.2, 0.25) is 5.91 Å². The van der Waals surface area contributed by atoms with E-state index in [9.17, 15) is 4.79 Å². The molecule has 0 spiro atoms. The van der Waals surface area contributed by atoms with E-state index in [4.69, 9.17) is 17.3 Å². The first kappa shape index (κ1) is 23.2. The number of nitrogens with zero attached hydrogens (tertiary/aromatic N) is 2. The molecular weight excluding hydrogens is 413 g/mol. The van der Waals surface area contributed by atoms with E-state index in [-0.39, 0.29) is 30.7 Å². The molecule has 0 saturated carbocycles. The Morgan fingerprint density at radius 2 is 1.73 bits per heavy atom. The van der Waals surface area contributed by atoms with Gasteiger partial charge >= 0.3 is 0 Å². The lowest BCUT2D eigenvalue weighted by molar-refractivity contribution is -0.134. The third-order valence-corrected chi connectivity index (χ3v) is 5.61. The van der Waals surface area contributed by atoms with E-state index in [1.165, 1.54) is 10.4 Å². The zero-order valence-electron chi connectivity index (χ0n) is 14.6. The number of piperazine rings is 1. The summed E-state index contributed by atoms with van der Waals surface area (Å²) in [5, 5.41) is 0. The molecule has 1 unspecified atom stereocenters. The molecule has 0 aliphatic carbocycles. The maximum atomic E-state index is 12.6. The topological polar surface area (TPSA) is 49.6 Å². The Morgan fingerprint density at radius 1 is 1.12 bits per heavy atom. The molecule has 1 aromatic carbocycles. The van der Waals surface area contributed by atoms with E-state index in [1.807, 2.05) is 42.2 Å². The first-order chi connectivity index (χ1) is 11.5. The smallest absolute Gasteiger partial charge is 0.244 e. The predicted octanol–water partition coefficient (Wildman–Crippen LogP) is 3.90. The highest BCUT2D eigenvalue weighted by atomic mass is 35.5. The average Bonchev–Trinajstić information content (AvgIpc) is 3.00. The molecule has 26 heavy (non-hydrogen) atoms. The zero-order valence-corrected chi connectivity index (χ0v) is 17.8. The fraction of sp³-hybridized carbons (Fsp3) is 0.389. The molecule has 1 saturated heterocycles. The van der Waals surface area contributed by atoms with Gasteiger partial charge in [-0.2, -0.15) is 0 Å². The van der Waals surface area contributed by atoms with Crippen LogP contribution in [0.15, 0.2) is 36.4 Å². The summed E-state index contributed by atoms with van der Waals surface area (Å²) in [5.41, 5.74) is 8.21. The number of hydrogen-bond acceptors (Lipinski definition) is 4. The van der Waals surface area contributed by atoms with Crippen LogP contribution in [0.1, 0.15) is 22.0 Å². The van der Waals surface area contributed by atoms with Crippen molar-refractivity contribution in [3.63, 3.8) is 0 Å². The number of halogens is 3. The number of benzene rings is 1. The second kappa shape index (κ2) is 10.5. The van der Waals surface area contributed by atoms with E-state index >= 15 is 0 Å². The molecule has 2 aromatic rings. The van der Waals surface area contributed by atoms with Gasteiger partial charge < -0.3 is 10.6 Å². The number of nitrogens with two attached hydrogens (primary N) is 1. The van der Waals surface area contributed by atoms with Crippen LogP contribution in [-0.2, 0) is 11.3 Å². The predicted molar refractivity (Wildman–Crippen MR) is 114 cm³/mol. The third-order valence-electron chi connectivity index (χ3n) is 4.39. The standard InChI is InChI=1S/C18H22ClN3OS.2ClH/c1-13-2-4-14(5-3-13)17(20)18(23)22-10-8-21(9-11-22)12-15-6-7-16(19)24-15;;/h2-7,17H,8-12,20H2,1H3;2*1H. The minimum Gasteiger partial charge on any atom is -0.338 e. The average molecular weight is 437 g/mol. The molecule has 1 aromatic heterocycles. The van der Waals surface area contributed by atoms with Crippen molar-refractivity contribution in [2.45, 2.75) is 19.5 Å². The Balaban J connectivity index is 0.00000169. The molecule has 0 bridgehead atoms. The van der Waals surface area contributed by atoms with Crippen molar-refractivity contribution in [3.05, 3.63) is 56.7 Å². The highest BCUT2D eigenvalue weighted by Crippen LogP contribution is 2.23. The SMILES string of the molecule is Cc1ccc(C(N)C(=O)N2CCN(Cc3ccc(Cl)s3)CC2)cc1.Cl.Cl. The van der Waals surface area contributed by atoms with Gasteiger partial charge in [-0.25, -0.2) is 0 Å². The van der Waals surface area contributed by atoms with Gasteiger partial charge in [0.15, 0.2) is 0 Å². The lowest BCUT2D eigenvalue weighted by Crippen LogP contribution is -2.50. The van der Waals surface area contributed by atoms with E-state index in [0.717, 1.165) is 42.6 Å². The Morgan fingerprint density at radius 3 is 2.27 bits per heavy atom. The number of amides is 1. The summed E-state index contributed by atoms with van der Waals surface area (Å²) in [4.78, 5) is 18.1. The molecule has 0 radical (unpaired) electrons. The quantitative estimate of drug-likeness (QED) is 0.791. The fourth-order valence-corrected chi connectivity index (χ4v) is 4.03. The highest BCUT2D eigenvalue weighted by molar-refractivity contribution is 7.16. The third kappa shape index (κ3) is 5.84. The Hall–Kier alpha value is -0.820. The Kier molecular flexibility index (Phi) is 9.38. The summed E-state index contributed by atoms with van der Waals surface area (Å²) < 4.78 is 0.822. The van der Waals surface area contributed by atoms with Gasteiger partial charge in [-0.15, -0.1) is 36.2 Å². The Bertz CT molecular complexity index is 700. The lowest BCUT2D eigenvalue weighted by Gasteiger charge is -2.35. The van der Waals surface area contributed by atoms with Crippen LogP contribution in [-0.4, -0.2) is 41.9 Å². The summed E-state index contributed by atoms with van der Waals surface area (Å²) in [6.45, 7) is 6.08. The minimum absolute atomic E-state index is 0. The zero-order chi connectivity index (χ0) is 17.1. The summed E-state index contributed by atoms with van der Waals surface area (Å²) in [6, 6.07) is 11.3. The summed E-state index contributed by atoms with van der Waals surface area (Å²) >= 11 is 7.59. The van der Waals surface area contributed by atoms with Crippen LogP contribution in [0, 0.1) is 6.92 Å². The van der Waals surface area contributed by atoms with Crippen molar-refractivity contribution in [1.82, 2.24) is 9.80 Å². The first-order valence-electron chi connectivity index (χ1n) is 8.10. The molecule has 3 rings (SSSR count). The minimum atomic E-state index is -0.576. The molecule has 1 aliphatic heterocycles. The lowest BCUT2D eigenvalue weighted by atomic mass is 10.0. The fourth-order valence-electron chi connectivity index (χ4n) is 2.90. The molecule has 2 heterocycles. The summed E-state index contributed by atoms with van der Waals surface area (Å²) in [6.07, 6.45) is 0. The van der Waals surface area contributed by atoms with Crippen molar-refractivity contribution < 1.29 is 4.79 Å². The highest BCUT2D eigenvalue weighted by Gasteiger charge is 2.26. The van der Waals surface area contributed by atoms with Crippen molar-refractivity contribution in [3.8, 4) is 0 Å². The maximum absolute atomic E-state index is 12.6. The van der Waals surface area contributed by atoms with Crippen molar-refractivity contribution >= 4 is 53.7 Å².